The van der Waals surface area contributed by atoms with Crippen LogP contribution in [-0.2, 0) is 6.42 Å². The van der Waals surface area contributed by atoms with Gasteiger partial charge in [0.1, 0.15) is 6.33 Å². The maximum atomic E-state index is 9.92. The first-order valence-electron chi connectivity index (χ1n) is 5.83. The van der Waals surface area contributed by atoms with Crippen molar-refractivity contribution in [1.29, 1.82) is 0 Å². The van der Waals surface area contributed by atoms with Gasteiger partial charge in [-0.1, -0.05) is 30.3 Å². The van der Waals surface area contributed by atoms with Crippen LogP contribution < -0.4 is 0 Å². The summed E-state index contributed by atoms with van der Waals surface area (Å²) >= 11 is 0. The van der Waals surface area contributed by atoms with E-state index in [0.29, 0.717) is 0 Å². The van der Waals surface area contributed by atoms with Crippen LogP contribution in [-0.4, -0.2) is 15.1 Å². The highest BCUT2D eigenvalue weighted by atomic mass is 16.3. The van der Waals surface area contributed by atoms with E-state index in [-0.39, 0.29) is 0 Å². The standard InChI is InChI=1S/C14H16N2O/c17-14(13-9-15-11-16-10-13)8-4-7-12-5-2-1-3-6-12/h1-3,5-6,9-11,14,17H,4,7-8H2. The minimum Gasteiger partial charge on any atom is -0.388 e. The molecule has 0 saturated carbocycles. The molecule has 0 amide bonds. The first kappa shape index (κ1) is 11.7. The molecule has 0 radical (unpaired) electrons. The van der Waals surface area contributed by atoms with Crippen LogP contribution in [0.2, 0.25) is 0 Å². The number of benzene rings is 1. The lowest BCUT2D eigenvalue weighted by molar-refractivity contribution is 0.164. The van der Waals surface area contributed by atoms with Gasteiger partial charge in [0.25, 0.3) is 0 Å². The van der Waals surface area contributed by atoms with E-state index in [1.165, 1.54) is 11.9 Å². The Balaban J connectivity index is 1.79. The predicted octanol–water partition coefficient (Wildman–Crippen LogP) is 2.53. The van der Waals surface area contributed by atoms with Crippen molar-refractivity contribution in [1.82, 2.24) is 9.97 Å². The Hall–Kier alpha value is -1.74. The van der Waals surface area contributed by atoms with Crippen molar-refractivity contribution in [2.24, 2.45) is 0 Å². The fourth-order valence-corrected chi connectivity index (χ4v) is 1.79. The van der Waals surface area contributed by atoms with Gasteiger partial charge in [-0.05, 0) is 24.8 Å². The average Bonchev–Trinajstić information content (AvgIpc) is 2.41. The molecule has 0 aliphatic carbocycles. The first-order valence-corrected chi connectivity index (χ1v) is 5.83. The fourth-order valence-electron chi connectivity index (χ4n) is 1.79. The third-order valence-corrected chi connectivity index (χ3v) is 2.75. The van der Waals surface area contributed by atoms with Gasteiger partial charge in [0, 0.05) is 18.0 Å². The highest BCUT2D eigenvalue weighted by molar-refractivity contribution is 5.14. The van der Waals surface area contributed by atoms with Crippen LogP contribution in [0.5, 0.6) is 0 Å². The largest absolute Gasteiger partial charge is 0.388 e. The maximum Gasteiger partial charge on any atom is 0.115 e. The molecular formula is C14H16N2O. The van der Waals surface area contributed by atoms with Gasteiger partial charge in [-0.25, -0.2) is 9.97 Å². The van der Waals surface area contributed by atoms with Gasteiger partial charge in [-0.15, -0.1) is 0 Å². The smallest absolute Gasteiger partial charge is 0.115 e. The summed E-state index contributed by atoms with van der Waals surface area (Å²) in [4.78, 5) is 7.80. The summed E-state index contributed by atoms with van der Waals surface area (Å²) in [7, 11) is 0. The van der Waals surface area contributed by atoms with E-state index in [2.05, 4.69) is 22.1 Å². The van der Waals surface area contributed by atoms with Crippen LogP contribution in [0, 0.1) is 0 Å². The molecule has 1 atom stereocenters. The number of nitrogens with zero attached hydrogens (tertiary/aromatic N) is 2. The van der Waals surface area contributed by atoms with Crippen LogP contribution in [0.1, 0.15) is 30.1 Å². The first-order chi connectivity index (χ1) is 8.36. The third kappa shape index (κ3) is 3.64. The van der Waals surface area contributed by atoms with Crippen molar-refractivity contribution in [2.75, 3.05) is 0 Å². The van der Waals surface area contributed by atoms with Gasteiger partial charge in [-0.3, -0.25) is 0 Å². The number of aryl methyl sites for hydroxylation is 1. The van der Waals surface area contributed by atoms with Crippen molar-refractivity contribution in [3.05, 3.63) is 60.2 Å². The molecule has 3 heteroatoms. The van der Waals surface area contributed by atoms with E-state index in [4.69, 9.17) is 0 Å². The number of aromatic nitrogens is 2. The lowest BCUT2D eigenvalue weighted by Gasteiger charge is -2.09. The topological polar surface area (TPSA) is 46.0 Å². The zero-order valence-corrected chi connectivity index (χ0v) is 9.66. The van der Waals surface area contributed by atoms with Gasteiger partial charge in [0.15, 0.2) is 0 Å². The SMILES string of the molecule is OC(CCCc1ccccc1)c1cncnc1. The average molecular weight is 228 g/mol. The molecule has 1 N–H and O–H groups in total. The second-order valence-electron chi connectivity index (χ2n) is 4.07. The van der Waals surface area contributed by atoms with Crippen molar-refractivity contribution in [2.45, 2.75) is 25.4 Å². The number of aliphatic hydroxyl groups is 1. The molecule has 0 spiro atoms. The zero-order valence-electron chi connectivity index (χ0n) is 9.66. The highest BCUT2D eigenvalue weighted by Gasteiger charge is 2.07. The molecule has 17 heavy (non-hydrogen) atoms. The molecule has 0 fully saturated rings. The molecule has 3 nitrogen and oxygen atoms in total. The van der Waals surface area contributed by atoms with Crippen LogP contribution in [0.3, 0.4) is 0 Å². The summed E-state index contributed by atoms with van der Waals surface area (Å²) < 4.78 is 0. The van der Waals surface area contributed by atoms with E-state index in [1.54, 1.807) is 12.4 Å². The molecule has 2 aromatic rings. The van der Waals surface area contributed by atoms with Gasteiger partial charge in [0.05, 0.1) is 6.10 Å². The van der Waals surface area contributed by atoms with E-state index >= 15 is 0 Å². The van der Waals surface area contributed by atoms with Gasteiger partial charge < -0.3 is 5.11 Å². The number of hydrogen-bond donors (Lipinski definition) is 1. The Morgan fingerprint density at radius 3 is 2.47 bits per heavy atom. The van der Waals surface area contributed by atoms with Gasteiger partial charge in [-0.2, -0.15) is 0 Å². The van der Waals surface area contributed by atoms with Crippen LogP contribution in [0.15, 0.2) is 49.1 Å². The molecule has 1 aromatic carbocycles. The summed E-state index contributed by atoms with van der Waals surface area (Å²) in [6.45, 7) is 0. The summed E-state index contributed by atoms with van der Waals surface area (Å²) in [5.74, 6) is 0. The number of rotatable bonds is 5. The lowest BCUT2D eigenvalue weighted by Crippen LogP contribution is -1.99. The predicted molar refractivity (Wildman–Crippen MR) is 66.4 cm³/mol. The maximum absolute atomic E-state index is 9.92. The van der Waals surface area contributed by atoms with Crippen molar-refractivity contribution in [3.8, 4) is 0 Å². The molecular weight excluding hydrogens is 212 g/mol. The van der Waals surface area contributed by atoms with Gasteiger partial charge in [0.2, 0.25) is 0 Å². The molecule has 0 aliphatic heterocycles. The summed E-state index contributed by atoms with van der Waals surface area (Å²) in [6, 6.07) is 10.3. The highest BCUT2D eigenvalue weighted by Crippen LogP contribution is 2.17. The molecule has 0 saturated heterocycles. The zero-order chi connectivity index (χ0) is 11.9. The van der Waals surface area contributed by atoms with Crippen LogP contribution in [0.25, 0.3) is 0 Å². The molecule has 88 valence electrons. The quantitative estimate of drug-likeness (QED) is 0.855. The second-order valence-corrected chi connectivity index (χ2v) is 4.07. The fraction of sp³-hybridized carbons (Fsp3) is 0.286. The molecule has 1 heterocycles. The van der Waals surface area contributed by atoms with Crippen molar-refractivity contribution >= 4 is 0 Å². The monoisotopic (exact) mass is 228 g/mol. The molecule has 1 unspecified atom stereocenters. The van der Waals surface area contributed by atoms with Crippen LogP contribution in [0.4, 0.5) is 0 Å². The van der Waals surface area contributed by atoms with Gasteiger partial charge >= 0.3 is 0 Å². The molecule has 0 bridgehead atoms. The molecule has 0 aliphatic rings. The Bertz CT molecular complexity index is 430. The summed E-state index contributed by atoms with van der Waals surface area (Å²) in [5.41, 5.74) is 2.10. The Labute approximate surface area is 101 Å². The summed E-state index contributed by atoms with van der Waals surface area (Å²) in [5, 5.41) is 9.92. The number of aliphatic hydroxyl groups excluding tert-OH is 1. The lowest BCUT2D eigenvalue weighted by atomic mass is 10.0. The normalized spacial score (nSPS) is 12.3. The number of hydrogen-bond acceptors (Lipinski definition) is 3. The minimum atomic E-state index is -0.458. The van der Waals surface area contributed by atoms with Crippen molar-refractivity contribution < 1.29 is 5.11 Å². The van der Waals surface area contributed by atoms with E-state index in [9.17, 15) is 5.11 Å². The van der Waals surface area contributed by atoms with Crippen molar-refractivity contribution in [3.63, 3.8) is 0 Å². The Kier molecular flexibility index (Phi) is 4.22. The Morgan fingerprint density at radius 2 is 1.76 bits per heavy atom. The second kappa shape index (κ2) is 6.11. The van der Waals surface area contributed by atoms with E-state index in [1.807, 2.05) is 18.2 Å². The van der Waals surface area contributed by atoms with E-state index in [0.717, 1.165) is 24.8 Å². The summed E-state index contributed by atoms with van der Waals surface area (Å²) in [6.07, 6.45) is 7.04. The van der Waals surface area contributed by atoms with Crippen LogP contribution >= 0.6 is 0 Å². The third-order valence-electron chi connectivity index (χ3n) is 2.75. The Morgan fingerprint density at radius 1 is 1.06 bits per heavy atom. The molecule has 2 rings (SSSR count). The van der Waals surface area contributed by atoms with E-state index < -0.39 is 6.10 Å². The minimum absolute atomic E-state index is 0.458. The molecule has 1 aromatic heterocycles.